The highest BCUT2D eigenvalue weighted by atomic mass is 79.9. The number of rotatable bonds is 4. The fourth-order valence-electron chi connectivity index (χ4n) is 2.43. The summed E-state index contributed by atoms with van der Waals surface area (Å²) in [6.45, 7) is 4.32. The van der Waals surface area contributed by atoms with Crippen LogP contribution in [0.3, 0.4) is 0 Å². The maximum Gasteiger partial charge on any atom is 0.0175 e. The van der Waals surface area contributed by atoms with Crippen molar-refractivity contribution in [2.24, 2.45) is 5.73 Å². The summed E-state index contributed by atoms with van der Waals surface area (Å²) < 4.78 is 1.11. The smallest absolute Gasteiger partial charge is 0.0175 e. The molecule has 0 aromatic heterocycles. The molecule has 0 fully saturated rings. The van der Waals surface area contributed by atoms with Crippen molar-refractivity contribution in [2.45, 2.75) is 32.7 Å². The van der Waals surface area contributed by atoms with E-state index in [0.717, 1.165) is 17.3 Å². The average molecular weight is 318 g/mol. The summed E-state index contributed by atoms with van der Waals surface area (Å²) in [6.07, 6.45) is 1.86. The topological polar surface area (TPSA) is 26.0 Å². The number of hydrogen-bond acceptors (Lipinski definition) is 1. The van der Waals surface area contributed by atoms with E-state index in [0.29, 0.717) is 0 Å². The summed E-state index contributed by atoms with van der Waals surface area (Å²) in [5, 5.41) is 0. The van der Waals surface area contributed by atoms with Crippen molar-refractivity contribution < 1.29 is 0 Å². The third-order valence-corrected chi connectivity index (χ3v) is 4.05. The molecular formula is C17H20BrN. The van der Waals surface area contributed by atoms with Crippen LogP contribution in [-0.4, -0.2) is 6.04 Å². The van der Waals surface area contributed by atoms with Crippen molar-refractivity contribution in [2.75, 3.05) is 0 Å². The molecule has 1 nitrogen and oxygen atoms in total. The quantitative estimate of drug-likeness (QED) is 0.899. The number of benzene rings is 2. The molecule has 2 rings (SSSR count). The van der Waals surface area contributed by atoms with Gasteiger partial charge in [0, 0.05) is 10.5 Å². The van der Waals surface area contributed by atoms with Gasteiger partial charge in [-0.25, -0.2) is 0 Å². The zero-order chi connectivity index (χ0) is 13.8. The minimum atomic E-state index is 0.168. The first-order valence-corrected chi connectivity index (χ1v) is 7.40. The highest BCUT2D eigenvalue weighted by Crippen LogP contribution is 2.17. The molecule has 0 amide bonds. The van der Waals surface area contributed by atoms with E-state index in [1.165, 1.54) is 22.3 Å². The lowest BCUT2D eigenvalue weighted by Gasteiger charge is -2.15. The monoisotopic (exact) mass is 317 g/mol. The first-order valence-electron chi connectivity index (χ1n) is 6.61. The molecule has 0 radical (unpaired) electrons. The van der Waals surface area contributed by atoms with Crippen LogP contribution in [0.2, 0.25) is 0 Å². The molecule has 0 saturated heterocycles. The Hall–Kier alpha value is -1.12. The van der Waals surface area contributed by atoms with Gasteiger partial charge >= 0.3 is 0 Å². The van der Waals surface area contributed by atoms with Crippen molar-refractivity contribution >= 4 is 15.9 Å². The van der Waals surface area contributed by atoms with Gasteiger partial charge in [0.1, 0.15) is 0 Å². The van der Waals surface area contributed by atoms with Gasteiger partial charge < -0.3 is 5.73 Å². The third kappa shape index (κ3) is 3.92. The molecule has 0 aliphatic carbocycles. The van der Waals surface area contributed by atoms with E-state index in [1.54, 1.807) is 0 Å². The van der Waals surface area contributed by atoms with Gasteiger partial charge in [0.2, 0.25) is 0 Å². The van der Waals surface area contributed by atoms with Crippen LogP contribution in [0, 0.1) is 13.8 Å². The van der Waals surface area contributed by atoms with Gasteiger partial charge in [0.25, 0.3) is 0 Å². The molecule has 0 heterocycles. The van der Waals surface area contributed by atoms with Crippen molar-refractivity contribution in [1.82, 2.24) is 0 Å². The van der Waals surface area contributed by atoms with Crippen LogP contribution in [0.1, 0.15) is 22.3 Å². The first-order chi connectivity index (χ1) is 9.06. The van der Waals surface area contributed by atoms with Crippen LogP contribution in [0.15, 0.2) is 46.9 Å². The molecule has 1 unspecified atom stereocenters. The molecular weight excluding hydrogens is 298 g/mol. The molecule has 2 heteroatoms. The molecule has 0 aliphatic heterocycles. The Morgan fingerprint density at radius 1 is 0.947 bits per heavy atom. The van der Waals surface area contributed by atoms with Crippen LogP contribution in [0.5, 0.6) is 0 Å². The Bertz CT molecular complexity index is 525. The molecule has 2 N–H and O–H groups in total. The second-order valence-corrected chi connectivity index (χ2v) is 6.08. The number of nitrogens with two attached hydrogens (primary N) is 1. The molecule has 100 valence electrons. The Morgan fingerprint density at radius 2 is 1.53 bits per heavy atom. The van der Waals surface area contributed by atoms with Crippen molar-refractivity contribution in [3.05, 3.63) is 69.2 Å². The lowest BCUT2D eigenvalue weighted by atomic mass is 9.94. The van der Waals surface area contributed by atoms with Gasteiger partial charge in [-0.2, -0.15) is 0 Å². The Balaban J connectivity index is 2.05. The van der Waals surface area contributed by atoms with Gasteiger partial charge in [0.05, 0.1) is 0 Å². The zero-order valence-corrected chi connectivity index (χ0v) is 13.1. The van der Waals surface area contributed by atoms with Gasteiger partial charge in [-0.3, -0.25) is 0 Å². The molecule has 19 heavy (non-hydrogen) atoms. The molecule has 0 saturated carbocycles. The van der Waals surface area contributed by atoms with Gasteiger partial charge in [0.15, 0.2) is 0 Å². The van der Waals surface area contributed by atoms with Crippen LogP contribution in [-0.2, 0) is 12.8 Å². The van der Waals surface area contributed by atoms with Crippen molar-refractivity contribution in [3.63, 3.8) is 0 Å². The fourth-order valence-corrected chi connectivity index (χ4v) is 2.69. The minimum absolute atomic E-state index is 0.168. The molecule has 2 aromatic carbocycles. The van der Waals surface area contributed by atoms with E-state index in [-0.39, 0.29) is 6.04 Å². The number of aryl methyl sites for hydroxylation is 2. The van der Waals surface area contributed by atoms with E-state index in [4.69, 9.17) is 5.73 Å². The SMILES string of the molecule is Cc1cccc(C)c1CC(N)Cc1ccc(Br)cc1. The van der Waals surface area contributed by atoms with Crippen LogP contribution in [0.25, 0.3) is 0 Å². The highest BCUT2D eigenvalue weighted by molar-refractivity contribution is 9.10. The standard InChI is InChI=1S/C17H20BrN/c1-12-4-3-5-13(2)17(12)11-16(19)10-14-6-8-15(18)9-7-14/h3-9,16H,10-11,19H2,1-2H3. The summed E-state index contributed by atoms with van der Waals surface area (Å²) in [7, 11) is 0. The number of halogens is 1. The summed E-state index contributed by atoms with van der Waals surface area (Å²) in [5.41, 5.74) is 11.7. The zero-order valence-electron chi connectivity index (χ0n) is 11.5. The van der Waals surface area contributed by atoms with E-state index >= 15 is 0 Å². The Morgan fingerprint density at radius 3 is 2.11 bits per heavy atom. The lowest BCUT2D eigenvalue weighted by Crippen LogP contribution is -2.26. The fraction of sp³-hybridized carbons (Fsp3) is 0.294. The number of hydrogen-bond donors (Lipinski definition) is 1. The summed E-state index contributed by atoms with van der Waals surface area (Å²) in [4.78, 5) is 0. The van der Waals surface area contributed by atoms with E-state index in [2.05, 4.69) is 72.2 Å². The first kappa shape index (κ1) is 14.3. The third-order valence-electron chi connectivity index (χ3n) is 3.52. The highest BCUT2D eigenvalue weighted by Gasteiger charge is 2.09. The summed E-state index contributed by atoms with van der Waals surface area (Å²) >= 11 is 3.45. The second-order valence-electron chi connectivity index (χ2n) is 5.17. The molecule has 1 atom stereocenters. The normalized spacial score (nSPS) is 12.4. The molecule has 0 spiro atoms. The van der Waals surface area contributed by atoms with E-state index < -0.39 is 0 Å². The maximum atomic E-state index is 6.30. The average Bonchev–Trinajstić information content (AvgIpc) is 2.37. The van der Waals surface area contributed by atoms with Crippen LogP contribution < -0.4 is 5.73 Å². The predicted molar refractivity (Wildman–Crippen MR) is 85.4 cm³/mol. The Labute approximate surface area is 124 Å². The van der Waals surface area contributed by atoms with Crippen LogP contribution >= 0.6 is 15.9 Å². The van der Waals surface area contributed by atoms with E-state index in [1.807, 2.05) is 0 Å². The molecule has 0 aliphatic rings. The van der Waals surface area contributed by atoms with Gasteiger partial charge in [-0.1, -0.05) is 46.3 Å². The lowest BCUT2D eigenvalue weighted by molar-refractivity contribution is 0.660. The van der Waals surface area contributed by atoms with Gasteiger partial charge in [-0.05, 0) is 61.1 Å². The van der Waals surface area contributed by atoms with Gasteiger partial charge in [-0.15, -0.1) is 0 Å². The molecule has 0 bridgehead atoms. The maximum absolute atomic E-state index is 6.30. The summed E-state index contributed by atoms with van der Waals surface area (Å²) in [5.74, 6) is 0. The Kier molecular flexibility index (Phi) is 4.78. The second kappa shape index (κ2) is 6.36. The van der Waals surface area contributed by atoms with Crippen LogP contribution in [0.4, 0.5) is 0 Å². The molecule has 2 aromatic rings. The predicted octanol–water partition coefficient (Wildman–Crippen LogP) is 4.18. The minimum Gasteiger partial charge on any atom is -0.327 e. The van der Waals surface area contributed by atoms with Crippen molar-refractivity contribution in [1.29, 1.82) is 0 Å². The summed E-state index contributed by atoms with van der Waals surface area (Å²) in [6, 6.07) is 15.0. The largest absolute Gasteiger partial charge is 0.327 e. The van der Waals surface area contributed by atoms with E-state index in [9.17, 15) is 0 Å². The van der Waals surface area contributed by atoms with Crippen molar-refractivity contribution in [3.8, 4) is 0 Å².